The van der Waals surface area contributed by atoms with E-state index < -0.39 is 5.91 Å². The van der Waals surface area contributed by atoms with Crippen molar-refractivity contribution < 1.29 is 9.21 Å². The zero-order valence-electron chi connectivity index (χ0n) is 13.8. The highest BCUT2D eigenvalue weighted by Gasteiger charge is 2.14. The molecule has 126 valence electrons. The second-order valence-corrected chi connectivity index (χ2v) is 5.84. The molecule has 4 nitrogen and oxygen atoms in total. The van der Waals surface area contributed by atoms with Gasteiger partial charge >= 0.3 is 0 Å². The van der Waals surface area contributed by atoms with E-state index in [0.29, 0.717) is 16.7 Å². The van der Waals surface area contributed by atoms with Crippen LogP contribution in [-0.4, -0.2) is 5.91 Å². The lowest BCUT2D eigenvalue weighted by atomic mass is 10.0. The van der Waals surface area contributed by atoms with E-state index in [1.807, 2.05) is 54.6 Å². The summed E-state index contributed by atoms with van der Waals surface area (Å²) < 4.78 is 5.61. The average molecular weight is 341 g/mol. The van der Waals surface area contributed by atoms with Crippen molar-refractivity contribution in [3.05, 3.63) is 101 Å². The van der Waals surface area contributed by atoms with Gasteiger partial charge in [0.05, 0.1) is 5.39 Å². The first kappa shape index (κ1) is 15.8. The topological polar surface area (TPSA) is 59.3 Å². The van der Waals surface area contributed by atoms with E-state index in [1.165, 1.54) is 6.07 Å². The quantitative estimate of drug-likeness (QED) is 0.587. The van der Waals surface area contributed by atoms with Crippen LogP contribution in [0.4, 0.5) is 5.69 Å². The molecule has 1 aromatic heterocycles. The lowest BCUT2D eigenvalue weighted by Gasteiger charge is -2.11. The summed E-state index contributed by atoms with van der Waals surface area (Å²) >= 11 is 0. The number of amides is 1. The molecule has 0 atom stereocenters. The molecule has 0 bridgehead atoms. The van der Waals surface area contributed by atoms with Crippen LogP contribution in [0.5, 0.6) is 0 Å². The van der Waals surface area contributed by atoms with E-state index >= 15 is 0 Å². The Morgan fingerprint density at radius 2 is 1.50 bits per heavy atom. The minimum absolute atomic E-state index is 0.0171. The van der Waals surface area contributed by atoms with Gasteiger partial charge in [-0.25, -0.2) is 0 Å². The van der Waals surface area contributed by atoms with E-state index in [2.05, 4.69) is 5.32 Å². The first-order valence-corrected chi connectivity index (χ1v) is 8.21. The predicted molar refractivity (Wildman–Crippen MR) is 102 cm³/mol. The van der Waals surface area contributed by atoms with Crippen molar-refractivity contribution in [1.82, 2.24) is 0 Å². The standard InChI is InChI=1S/C22H15NO3/c24-19-14-21(26-20-13-7-5-11-17(19)20)22(25)23-18-12-6-4-10-16(18)15-8-2-1-3-9-15/h1-14H,(H,23,25). The fourth-order valence-corrected chi connectivity index (χ4v) is 2.86. The number of benzene rings is 3. The average Bonchev–Trinajstić information content (AvgIpc) is 2.69. The molecule has 4 aromatic rings. The van der Waals surface area contributed by atoms with Crippen LogP contribution in [0, 0.1) is 0 Å². The Balaban J connectivity index is 1.71. The minimum atomic E-state index is -0.462. The Morgan fingerprint density at radius 1 is 0.808 bits per heavy atom. The monoisotopic (exact) mass is 341 g/mol. The number of nitrogens with one attached hydrogen (secondary N) is 1. The molecule has 1 heterocycles. The molecule has 1 N–H and O–H groups in total. The Labute approximate surface area is 149 Å². The minimum Gasteiger partial charge on any atom is -0.451 e. The first-order chi connectivity index (χ1) is 12.7. The van der Waals surface area contributed by atoms with Gasteiger partial charge in [-0.05, 0) is 23.8 Å². The fourth-order valence-electron chi connectivity index (χ4n) is 2.86. The van der Waals surface area contributed by atoms with Crippen molar-refractivity contribution in [3.8, 4) is 11.1 Å². The van der Waals surface area contributed by atoms with Crippen molar-refractivity contribution >= 4 is 22.6 Å². The maximum absolute atomic E-state index is 12.6. The maximum atomic E-state index is 12.6. The van der Waals surface area contributed by atoms with Gasteiger partial charge in [0, 0.05) is 17.3 Å². The summed E-state index contributed by atoms with van der Waals surface area (Å²) in [7, 11) is 0. The van der Waals surface area contributed by atoms with Gasteiger partial charge in [-0.1, -0.05) is 60.7 Å². The normalized spacial score (nSPS) is 10.6. The maximum Gasteiger partial charge on any atom is 0.291 e. The molecule has 26 heavy (non-hydrogen) atoms. The number of anilines is 1. The molecule has 0 unspecified atom stereocenters. The third-order valence-electron chi connectivity index (χ3n) is 4.12. The number of carbonyl (C=O) groups is 1. The second kappa shape index (κ2) is 6.69. The molecule has 1 amide bonds. The fraction of sp³-hybridized carbons (Fsp3) is 0. The van der Waals surface area contributed by atoms with Crippen LogP contribution in [-0.2, 0) is 0 Å². The van der Waals surface area contributed by atoms with Gasteiger partial charge in [-0.3, -0.25) is 9.59 Å². The highest BCUT2D eigenvalue weighted by Crippen LogP contribution is 2.28. The van der Waals surface area contributed by atoms with Crippen molar-refractivity contribution in [2.24, 2.45) is 0 Å². The summed E-state index contributed by atoms with van der Waals surface area (Å²) in [5.41, 5.74) is 2.68. The highest BCUT2D eigenvalue weighted by atomic mass is 16.3. The largest absolute Gasteiger partial charge is 0.451 e. The Bertz CT molecular complexity index is 1150. The van der Waals surface area contributed by atoms with E-state index in [4.69, 9.17) is 4.42 Å². The number of para-hydroxylation sites is 2. The van der Waals surface area contributed by atoms with E-state index in [9.17, 15) is 9.59 Å². The van der Waals surface area contributed by atoms with Gasteiger partial charge in [-0.15, -0.1) is 0 Å². The van der Waals surface area contributed by atoms with E-state index in [-0.39, 0.29) is 11.2 Å². The van der Waals surface area contributed by atoms with Crippen LogP contribution >= 0.6 is 0 Å². The van der Waals surface area contributed by atoms with Crippen molar-refractivity contribution in [3.63, 3.8) is 0 Å². The zero-order chi connectivity index (χ0) is 17.9. The molecule has 0 saturated heterocycles. The van der Waals surface area contributed by atoms with Crippen LogP contribution < -0.4 is 10.7 Å². The first-order valence-electron chi connectivity index (χ1n) is 8.21. The number of fused-ring (bicyclic) bond motifs is 1. The summed E-state index contributed by atoms with van der Waals surface area (Å²) in [5.74, 6) is -0.479. The molecule has 0 spiro atoms. The second-order valence-electron chi connectivity index (χ2n) is 5.84. The van der Waals surface area contributed by atoms with Crippen molar-refractivity contribution in [1.29, 1.82) is 0 Å². The summed E-state index contributed by atoms with van der Waals surface area (Å²) in [6.45, 7) is 0. The van der Waals surface area contributed by atoms with Crippen LogP contribution in [0.3, 0.4) is 0 Å². The zero-order valence-corrected chi connectivity index (χ0v) is 13.8. The molecule has 4 rings (SSSR count). The number of rotatable bonds is 3. The lowest BCUT2D eigenvalue weighted by molar-refractivity contribution is 0.0997. The third kappa shape index (κ3) is 3.00. The molecule has 0 saturated carbocycles. The Hall–Kier alpha value is -3.66. The van der Waals surface area contributed by atoms with Gasteiger partial charge in [0.2, 0.25) is 0 Å². The Morgan fingerprint density at radius 3 is 2.35 bits per heavy atom. The SMILES string of the molecule is O=C(Nc1ccccc1-c1ccccc1)c1cc(=O)c2ccccc2o1. The number of hydrogen-bond donors (Lipinski definition) is 1. The predicted octanol–water partition coefficient (Wildman–Crippen LogP) is 4.71. The van der Waals surface area contributed by atoms with Crippen LogP contribution in [0.25, 0.3) is 22.1 Å². The summed E-state index contributed by atoms with van der Waals surface area (Å²) in [5, 5.41) is 3.30. The smallest absolute Gasteiger partial charge is 0.291 e. The Kier molecular flexibility index (Phi) is 4.07. The molecule has 0 radical (unpaired) electrons. The molecule has 4 heteroatoms. The van der Waals surface area contributed by atoms with Crippen LogP contribution in [0.15, 0.2) is 94.1 Å². The summed E-state index contributed by atoms with van der Waals surface area (Å²) in [4.78, 5) is 24.9. The molecule has 0 fully saturated rings. The van der Waals surface area contributed by atoms with E-state index in [0.717, 1.165) is 11.1 Å². The molecular weight excluding hydrogens is 326 g/mol. The van der Waals surface area contributed by atoms with Gasteiger partial charge in [0.25, 0.3) is 5.91 Å². The third-order valence-corrected chi connectivity index (χ3v) is 4.12. The molecular formula is C22H15NO3. The molecule has 3 aromatic carbocycles. The molecule has 0 aliphatic carbocycles. The van der Waals surface area contributed by atoms with Gasteiger partial charge < -0.3 is 9.73 Å². The summed E-state index contributed by atoms with van der Waals surface area (Å²) in [6.07, 6.45) is 0. The highest BCUT2D eigenvalue weighted by molar-refractivity contribution is 6.05. The van der Waals surface area contributed by atoms with Gasteiger partial charge in [-0.2, -0.15) is 0 Å². The van der Waals surface area contributed by atoms with Crippen molar-refractivity contribution in [2.75, 3.05) is 5.32 Å². The number of hydrogen-bond acceptors (Lipinski definition) is 3. The molecule has 0 aliphatic heterocycles. The van der Waals surface area contributed by atoms with Gasteiger partial charge in [0.15, 0.2) is 11.2 Å². The van der Waals surface area contributed by atoms with Crippen LogP contribution in [0.1, 0.15) is 10.6 Å². The summed E-state index contributed by atoms with van der Waals surface area (Å²) in [6, 6.07) is 25.4. The number of carbonyl (C=O) groups excluding carboxylic acids is 1. The van der Waals surface area contributed by atoms with Gasteiger partial charge in [0.1, 0.15) is 5.58 Å². The van der Waals surface area contributed by atoms with Crippen molar-refractivity contribution in [2.45, 2.75) is 0 Å². The van der Waals surface area contributed by atoms with Crippen LogP contribution in [0.2, 0.25) is 0 Å². The molecule has 0 aliphatic rings. The van der Waals surface area contributed by atoms with E-state index in [1.54, 1.807) is 24.3 Å². The lowest BCUT2D eigenvalue weighted by Crippen LogP contribution is -2.15.